The summed E-state index contributed by atoms with van der Waals surface area (Å²) in [4.78, 5) is 14.8. The van der Waals surface area contributed by atoms with E-state index in [1.807, 2.05) is 12.1 Å². The molecule has 1 amide bonds. The van der Waals surface area contributed by atoms with Crippen LogP contribution in [0.15, 0.2) is 35.9 Å². The van der Waals surface area contributed by atoms with Gasteiger partial charge in [-0.1, -0.05) is 23.8 Å². The highest BCUT2D eigenvalue weighted by molar-refractivity contribution is 5.78. The average Bonchev–Trinajstić information content (AvgIpc) is 2.65. The fourth-order valence-corrected chi connectivity index (χ4v) is 3.88. The molecule has 1 N–H and O–H groups in total. The molecule has 3 nitrogen and oxygen atoms in total. The van der Waals surface area contributed by atoms with Crippen LogP contribution in [0.3, 0.4) is 0 Å². The summed E-state index contributed by atoms with van der Waals surface area (Å²) in [6.07, 6.45) is 10.4. The molecule has 1 fully saturated rings. The number of carbonyl (C=O) groups is 1. The van der Waals surface area contributed by atoms with Crippen molar-refractivity contribution in [2.24, 2.45) is 5.92 Å². The van der Waals surface area contributed by atoms with Gasteiger partial charge in [-0.25, -0.2) is 4.39 Å². The number of carbonyl (C=O) groups excluding carboxylic acids is 1. The highest BCUT2D eigenvalue weighted by atomic mass is 19.1. The minimum Gasteiger partial charge on any atom is -0.356 e. The maximum atomic E-state index is 13.0. The van der Waals surface area contributed by atoms with Crippen molar-refractivity contribution in [2.45, 2.75) is 51.5 Å². The van der Waals surface area contributed by atoms with E-state index >= 15 is 0 Å². The maximum Gasteiger partial charge on any atom is 0.224 e. The predicted octanol–water partition coefficient (Wildman–Crippen LogP) is 4.04. The van der Waals surface area contributed by atoms with E-state index in [0.717, 1.165) is 51.0 Å². The van der Waals surface area contributed by atoms with Crippen LogP contribution in [-0.2, 0) is 11.3 Å². The molecule has 136 valence electrons. The molecule has 0 spiro atoms. The molecule has 1 aromatic carbocycles. The topological polar surface area (TPSA) is 32.3 Å². The van der Waals surface area contributed by atoms with Gasteiger partial charge in [-0.15, -0.1) is 0 Å². The lowest BCUT2D eigenvalue weighted by Gasteiger charge is -2.32. The van der Waals surface area contributed by atoms with Crippen LogP contribution in [0.5, 0.6) is 0 Å². The molecule has 0 aromatic heterocycles. The monoisotopic (exact) mass is 344 g/mol. The molecule has 0 saturated carbocycles. The third kappa shape index (κ3) is 5.67. The summed E-state index contributed by atoms with van der Waals surface area (Å²) in [6, 6.07) is 6.67. The van der Waals surface area contributed by atoms with Gasteiger partial charge >= 0.3 is 0 Å². The van der Waals surface area contributed by atoms with Gasteiger partial charge in [0.05, 0.1) is 5.92 Å². The first-order chi connectivity index (χ1) is 12.2. The lowest BCUT2D eigenvalue weighted by molar-refractivity contribution is -0.126. The van der Waals surface area contributed by atoms with Crippen molar-refractivity contribution in [3.63, 3.8) is 0 Å². The SMILES string of the molecule is O=C(NCCC1=CCCCC1)[C@@H]1CCCN(Cc2ccc(F)cc2)C1. The molecule has 25 heavy (non-hydrogen) atoms. The number of likely N-dealkylation sites (tertiary alicyclic amines) is 1. The standard InChI is InChI=1S/C21H29FN2O/c22-20-10-8-18(9-11-20)15-24-14-4-7-19(16-24)21(25)23-13-12-17-5-2-1-3-6-17/h5,8-11,19H,1-4,6-7,12-16H2,(H,23,25)/t19-/m1/s1. The lowest BCUT2D eigenvalue weighted by atomic mass is 9.95. The number of hydrogen-bond acceptors (Lipinski definition) is 2. The van der Waals surface area contributed by atoms with Crippen LogP contribution in [-0.4, -0.2) is 30.4 Å². The van der Waals surface area contributed by atoms with E-state index in [4.69, 9.17) is 0 Å². The number of halogens is 1. The van der Waals surface area contributed by atoms with Crippen LogP contribution in [0, 0.1) is 11.7 Å². The second-order valence-corrected chi connectivity index (χ2v) is 7.35. The summed E-state index contributed by atoms with van der Waals surface area (Å²) >= 11 is 0. The van der Waals surface area contributed by atoms with Gasteiger partial charge in [-0.05, 0) is 69.2 Å². The summed E-state index contributed by atoms with van der Waals surface area (Å²) in [5, 5.41) is 3.14. The zero-order valence-corrected chi connectivity index (χ0v) is 15.0. The molecule has 1 aliphatic heterocycles. The number of allylic oxidation sites excluding steroid dienone is 1. The van der Waals surface area contributed by atoms with Gasteiger partial charge < -0.3 is 5.32 Å². The molecule has 1 aliphatic carbocycles. The average molecular weight is 344 g/mol. The Morgan fingerprint density at radius 3 is 2.80 bits per heavy atom. The van der Waals surface area contributed by atoms with Gasteiger partial charge in [0.2, 0.25) is 5.91 Å². The fraction of sp³-hybridized carbons (Fsp3) is 0.571. The second-order valence-electron chi connectivity index (χ2n) is 7.35. The van der Waals surface area contributed by atoms with E-state index in [0.29, 0.717) is 0 Å². The molecule has 0 bridgehead atoms. The van der Waals surface area contributed by atoms with Crippen LogP contribution in [0.2, 0.25) is 0 Å². The number of hydrogen-bond donors (Lipinski definition) is 1. The van der Waals surface area contributed by atoms with Gasteiger partial charge in [0.15, 0.2) is 0 Å². The van der Waals surface area contributed by atoms with Crippen molar-refractivity contribution >= 4 is 5.91 Å². The molecule has 1 saturated heterocycles. The Labute approximate surface area is 150 Å². The van der Waals surface area contributed by atoms with Gasteiger partial charge in [0.25, 0.3) is 0 Å². The van der Waals surface area contributed by atoms with Crippen LogP contribution < -0.4 is 5.32 Å². The first-order valence-corrected chi connectivity index (χ1v) is 9.63. The Hall–Kier alpha value is -1.68. The number of benzene rings is 1. The minimum atomic E-state index is -0.201. The van der Waals surface area contributed by atoms with Crippen molar-refractivity contribution in [2.75, 3.05) is 19.6 Å². The number of rotatable bonds is 6. The van der Waals surface area contributed by atoms with Crippen LogP contribution in [0.4, 0.5) is 4.39 Å². The van der Waals surface area contributed by atoms with Crippen molar-refractivity contribution < 1.29 is 9.18 Å². The van der Waals surface area contributed by atoms with Crippen LogP contribution >= 0.6 is 0 Å². The quantitative estimate of drug-likeness (QED) is 0.790. The molecule has 1 heterocycles. The van der Waals surface area contributed by atoms with E-state index in [-0.39, 0.29) is 17.6 Å². The van der Waals surface area contributed by atoms with Crippen LogP contribution in [0.25, 0.3) is 0 Å². The zero-order chi connectivity index (χ0) is 17.5. The minimum absolute atomic E-state index is 0.0783. The van der Waals surface area contributed by atoms with Crippen molar-refractivity contribution in [3.8, 4) is 0 Å². The largest absolute Gasteiger partial charge is 0.356 e. The fourth-order valence-electron chi connectivity index (χ4n) is 3.88. The summed E-state index contributed by atoms with van der Waals surface area (Å²) in [7, 11) is 0. The number of amides is 1. The summed E-state index contributed by atoms with van der Waals surface area (Å²) in [5.41, 5.74) is 2.61. The highest BCUT2D eigenvalue weighted by Gasteiger charge is 2.25. The first kappa shape index (κ1) is 18.1. The van der Waals surface area contributed by atoms with Gasteiger partial charge in [0.1, 0.15) is 5.82 Å². The molecular weight excluding hydrogens is 315 g/mol. The van der Waals surface area contributed by atoms with Gasteiger partial charge in [-0.2, -0.15) is 0 Å². The summed E-state index contributed by atoms with van der Waals surface area (Å²) < 4.78 is 13.0. The van der Waals surface area contributed by atoms with Crippen molar-refractivity contribution in [1.82, 2.24) is 10.2 Å². The molecule has 0 unspecified atom stereocenters. The van der Waals surface area contributed by atoms with Gasteiger partial charge in [0, 0.05) is 19.6 Å². The Morgan fingerprint density at radius 2 is 2.04 bits per heavy atom. The second kappa shape index (κ2) is 9.14. The highest BCUT2D eigenvalue weighted by Crippen LogP contribution is 2.21. The third-order valence-corrected chi connectivity index (χ3v) is 5.33. The molecule has 2 aliphatic rings. The third-order valence-electron chi connectivity index (χ3n) is 5.33. The molecule has 1 aromatic rings. The van der Waals surface area contributed by atoms with Crippen molar-refractivity contribution in [1.29, 1.82) is 0 Å². The number of piperidine rings is 1. The van der Waals surface area contributed by atoms with E-state index in [1.54, 1.807) is 0 Å². The lowest BCUT2D eigenvalue weighted by Crippen LogP contribution is -2.42. The molecular formula is C21H29FN2O. The zero-order valence-electron chi connectivity index (χ0n) is 15.0. The van der Waals surface area contributed by atoms with E-state index in [1.165, 1.54) is 43.4 Å². The van der Waals surface area contributed by atoms with Crippen LogP contribution in [0.1, 0.15) is 50.5 Å². The Morgan fingerprint density at radius 1 is 1.20 bits per heavy atom. The van der Waals surface area contributed by atoms with Gasteiger partial charge in [-0.3, -0.25) is 9.69 Å². The number of nitrogens with zero attached hydrogens (tertiary/aromatic N) is 1. The normalized spacial score (nSPS) is 21.6. The Balaban J connectivity index is 1.43. The number of nitrogens with one attached hydrogen (secondary N) is 1. The maximum absolute atomic E-state index is 13.0. The molecule has 1 atom stereocenters. The Kier molecular flexibility index (Phi) is 6.62. The van der Waals surface area contributed by atoms with E-state index in [9.17, 15) is 9.18 Å². The predicted molar refractivity (Wildman–Crippen MR) is 98.6 cm³/mol. The van der Waals surface area contributed by atoms with E-state index < -0.39 is 0 Å². The summed E-state index contributed by atoms with van der Waals surface area (Å²) in [5.74, 6) is 0.0717. The molecule has 3 rings (SSSR count). The van der Waals surface area contributed by atoms with E-state index in [2.05, 4.69) is 16.3 Å². The molecule has 4 heteroatoms. The Bertz CT molecular complexity index is 596. The van der Waals surface area contributed by atoms with Crippen molar-refractivity contribution in [3.05, 3.63) is 47.3 Å². The smallest absolute Gasteiger partial charge is 0.224 e. The first-order valence-electron chi connectivity index (χ1n) is 9.63. The summed E-state index contributed by atoms with van der Waals surface area (Å²) in [6.45, 7) is 3.36. The molecule has 0 radical (unpaired) electrons.